The fourth-order valence-electron chi connectivity index (χ4n) is 3.51. The zero-order valence-electron chi connectivity index (χ0n) is 15.6. The quantitative estimate of drug-likeness (QED) is 0.649. The molecule has 1 amide bonds. The van der Waals surface area contributed by atoms with Gasteiger partial charge in [-0.15, -0.1) is 5.10 Å². The number of hydrogen-bond acceptors (Lipinski definition) is 4. The van der Waals surface area contributed by atoms with E-state index in [-0.39, 0.29) is 18.0 Å². The van der Waals surface area contributed by atoms with E-state index >= 15 is 0 Å². The molecule has 0 fully saturated rings. The molecule has 2 heterocycles. The standard InChI is InChI=1S/C21H22ClN5O/c1-2-6-19(28)24-20-25-21-23-17(14-7-4-3-5-8-14)13-18(27(21)26-20)15-9-11-16(22)12-10-15/h3-5,7-12,17-18H,2,6,13H2,1H3,(H2,23,24,25,26,28). The Kier molecular flexibility index (Phi) is 5.30. The van der Waals surface area contributed by atoms with Crippen molar-refractivity contribution in [2.24, 2.45) is 0 Å². The first-order chi connectivity index (χ1) is 13.6. The molecule has 1 aromatic heterocycles. The highest BCUT2D eigenvalue weighted by atomic mass is 35.5. The van der Waals surface area contributed by atoms with Gasteiger partial charge in [-0.25, -0.2) is 4.68 Å². The lowest BCUT2D eigenvalue weighted by Crippen LogP contribution is -2.28. The Labute approximate surface area is 168 Å². The summed E-state index contributed by atoms with van der Waals surface area (Å²) in [5.74, 6) is 0.897. The molecule has 0 spiro atoms. The zero-order chi connectivity index (χ0) is 19.5. The van der Waals surface area contributed by atoms with Gasteiger partial charge < -0.3 is 5.32 Å². The molecule has 1 aliphatic rings. The first kappa shape index (κ1) is 18.5. The van der Waals surface area contributed by atoms with Gasteiger partial charge in [0.2, 0.25) is 11.9 Å². The number of nitrogens with zero attached hydrogens (tertiary/aromatic N) is 3. The second-order valence-electron chi connectivity index (χ2n) is 6.91. The summed E-state index contributed by atoms with van der Waals surface area (Å²) in [6.45, 7) is 1.97. The summed E-state index contributed by atoms with van der Waals surface area (Å²) in [5.41, 5.74) is 2.29. The van der Waals surface area contributed by atoms with E-state index in [1.54, 1.807) is 0 Å². The number of carbonyl (C=O) groups excluding carboxylic acids is 1. The van der Waals surface area contributed by atoms with E-state index in [4.69, 9.17) is 11.6 Å². The third-order valence-corrected chi connectivity index (χ3v) is 5.13. The molecule has 2 unspecified atom stereocenters. The SMILES string of the molecule is CCCC(=O)Nc1nc2n(n1)C(c1ccc(Cl)cc1)CC(c1ccccc1)N2. The number of nitrogens with one attached hydrogen (secondary N) is 2. The average molecular weight is 396 g/mol. The fraction of sp³-hybridized carbons (Fsp3) is 0.286. The van der Waals surface area contributed by atoms with E-state index in [0.717, 1.165) is 18.4 Å². The van der Waals surface area contributed by atoms with E-state index in [9.17, 15) is 4.79 Å². The zero-order valence-corrected chi connectivity index (χ0v) is 16.4. The van der Waals surface area contributed by atoms with Crippen molar-refractivity contribution in [2.45, 2.75) is 38.3 Å². The minimum absolute atomic E-state index is 0.0111. The van der Waals surface area contributed by atoms with Crippen LogP contribution in [-0.4, -0.2) is 20.7 Å². The molecule has 144 valence electrons. The molecule has 1 aliphatic heterocycles. The summed E-state index contributed by atoms with van der Waals surface area (Å²) in [7, 11) is 0. The van der Waals surface area contributed by atoms with Gasteiger partial charge in [0, 0.05) is 11.4 Å². The van der Waals surface area contributed by atoms with Gasteiger partial charge in [-0.2, -0.15) is 4.98 Å². The van der Waals surface area contributed by atoms with Crippen LogP contribution in [0, 0.1) is 0 Å². The second kappa shape index (κ2) is 8.02. The van der Waals surface area contributed by atoms with Crippen LogP contribution in [-0.2, 0) is 4.79 Å². The first-order valence-electron chi connectivity index (χ1n) is 9.47. The normalized spacial score (nSPS) is 18.2. The molecule has 2 atom stereocenters. The highest BCUT2D eigenvalue weighted by molar-refractivity contribution is 6.30. The molecule has 0 saturated heterocycles. The van der Waals surface area contributed by atoms with Crippen LogP contribution in [0.2, 0.25) is 5.02 Å². The Balaban J connectivity index is 1.69. The average Bonchev–Trinajstić information content (AvgIpc) is 3.11. The fourth-order valence-corrected chi connectivity index (χ4v) is 3.64. The number of benzene rings is 2. The van der Waals surface area contributed by atoms with Crippen molar-refractivity contribution in [1.29, 1.82) is 0 Å². The molecular formula is C21H22ClN5O. The van der Waals surface area contributed by atoms with Crippen LogP contribution in [0.3, 0.4) is 0 Å². The van der Waals surface area contributed by atoms with Gasteiger partial charge in [0.25, 0.3) is 5.95 Å². The number of amides is 1. The molecule has 0 radical (unpaired) electrons. The number of aromatic nitrogens is 3. The summed E-state index contributed by atoms with van der Waals surface area (Å²) in [6, 6.07) is 18.2. The van der Waals surface area contributed by atoms with Crippen molar-refractivity contribution in [3.8, 4) is 0 Å². The predicted molar refractivity (Wildman–Crippen MR) is 111 cm³/mol. The maximum absolute atomic E-state index is 12.0. The molecule has 28 heavy (non-hydrogen) atoms. The van der Waals surface area contributed by atoms with Crippen molar-refractivity contribution >= 4 is 29.4 Å². The van der Waals surface area contributed by atoms with Gasteiger partial charge in [-0.05, 0) is 36.1 Å². The molecule has 4 rings (SSSR count). The lowest BCUT2D eigenvalue weighted by atomic mass is 9.93. The number of hydrogen-bond donors (Lipinski definition) is 2. The molecular weight excluding hydrogens is 374 g/mol. The maximum Gasteiger partial charge on any atom is 0.250 e. The van der Waals surface area contributed by atoms with Gasteiger partial charge >= 0.3 is 0 Å². The summed E-state index contributed by atoms with van der Waals surface area (Å²) in [4.78, 5) is 16.5. The third kappa shape index (κ3) is 3.87. The van der Waals surface area contributed by atoms with Gasteiger partial charge in [0.1, 0.15) is 0 Å². The Morgan fingerprint density at radius 1 is 1.18 bits per heavy atom. The number of halogens is 1. The van der Waals surface area contributed by atoms with Crippen molar-refractivity contribution in [2.75, 3.05) is 10.6 Å². The van der Waals surface area contributed by atoms with Crippen LogP contribution < -0.4 is 10.6 Å². The third-order valence-electron chi connectivity index (χ3n) is 4.87. The highest BCUT2D eigenvalue weighted by Crippen LogP contribution is 2.38. The van der Waals surface area contributed by atoms with E-state index < -0.39 is 0 Å². The van der Waals surface area contributed by atoms with E-state index in [0.29, 0.717) is 23.3 Å². The molecule has 0 bridgehead atoms. The minimum atomic E-state index is -0.0758. The molecule has 2 aromatic carbocycles. The van der Waals surface area contributed by atoms with Crippen LogP contribution in [0.25, 0.3) is 0 Å². The lowest BCUT2D eigenvalue weighted by molar-refractivity contribution is -0.116. The van der Waals surface area contributed by atoms with Gasteiger partial charge in [-0.1, -0.05) is 61.0 Å². The van der Waals surface area contributed by atoms with Gasteiger partial charge in [-0.3, -0.25) is 10.1 Å². The Morgan fingerprint density at radius 3 is 2.64 bits per heavy atom. The largest absolute Gasteiger partial charge is 0.347 e. The summed E-state index contributed by atoms with van der Waals surface area (Å²) < 4.78 is 1.85. The van der Waals surface area contributed by atoms with E-state index in [2.05, 4.69) is 32.8 Å². The van der Waals surface area contributed by atoms with Crippen LogP contribution in [0.15, 0.2) is 54.6 Å². The van der Waals surface area contributed by atoms with Crippen molar-refractivity contribution < 1.29 is 4.79 Å². The van der Waals surface area contributed by atoms with Crippen molar-refractivity contribution in [3.05, 3.63) is 70.7 Å². The smallest absolute Gasteiger partial charge is 0.250 e. The van der Waals surface area contributed by atoms with Gasteiger partial charge in [0.15, 0.2) is 0 Å². The summed E-state index contributed by atoms with van der Waals surface area (Å²) in [5, 5.41) is 11.5. The maximum atomic E-state index is 12.0. The van der Waals surface area contributed by atoms with Crippen molar-refractivity contribution in [1.82, 2.24) is 14.8 Å². The monoisotopic (exact) mass is 395 g/mol. The Bertz CT molecular complexity index is 955. The Morgan fingerprint density at radius 2 is 1.93 bits per heavy atom. The Hall–Kier alpha value is -2.86. The minimum Gasteiger partial charge on any atom is -0.347 e. The topological polar surface area (TPSA) is 71.8 Å². The van der Waals surface area contributed by atoms with Crippen LogP contribution in [0.5, 0.6) is 0 Å². The highest BCUT2D eigenvalue weighted by Gasteiger charge is 2.31. The number of rotatable bonds is 5. The molecule has 6 nitrogen and oxygen atoms in total. The molecule has 0 aliphatic carbocycles. The van der Waals surface area contributed by atoms with Crippen LogP contribution in [0.1, 0.15) is 49.4 Å². The lowest BCUT2D eigenvalue weighted by Gasteiger charge is -2.31. The van der Waals surface area contributed by atoms with Crippen molar-refractivity contribution in [3.63, 3.8) is 0 Å². The summed E-state index contributed by atoms with van der Waals surface area (Å²) in [6.07, 6.45) is 2.04. The van der Waals surface area contributed by atoms with E-state index in [1.165, 1.54) is 5.56 Å². The van der Waals surface area contributed by atoms with Gasteiger partial charge in [0.05, 0.1) is 12.1 Å². The molecule has 2 N–H and O–H groups in total. The van der Waals surface area contributed by atoms with Crippen LogP contribution in [0.4, 0.5) is 11.9 Å². The molecule has 0 saturated carbocycles. The number of anilines is 2. The second-order valence-corrected chi connectivity index (χ2v) is 7.35. The molecule has 7 heteroatoms. The van der Waals surface area contributed by atoms with E-state index in [1.807, 2.05) is 54.1 Å². The summed E-state index contributed by atoms with van der Waals surface area (Å²) >= 11 is 6.07. The predicted octanol–water partition coefficient (Wildman–Crippen LogP) is 4.82. The number of carbonyl (C=O) groups is 1. The first-order valence-corrected chi connectivity index (χ1v) is 9.85. The van der Waals surface area contributed by atoms with Crippen LogP contribution >= 0.6 is 11.6 Å². The number of fused-ring (bicyclic) bond motifs is 1. The molecule has 3 aromatic rings.